The van der Waals surface area contributed by atoms with Crippen LogP contribution in [0.1, 0.15) is 39.3 Å². The molecule has 0 spiro atoms. The highest BCUT2D eigenvalue weighted by atomic mass is 35.5. The van der Waals surface area contributed by atoms with Gasteiger partial charge in [-0.05, 0) is 42.7 Å². The smallest absolute Gasteiger partial charge is 0.271 e. The summed E-state index contributed by atoms with van der Waals surface area (Å²) in [6, 6.07) is 12.1. The number of carbonyl (C=O) groups is 2. The fourth-order valence-electron chi connectivity index (χ4n) is 4.24. The van der Waals surface area contributed by atoms with Gasteiger partial charge in [0.25, 0.3) is 11.8 Å². The van der Waals surface area contributed by atoms with E-state index in [1.807, 2.05) is 6.07 Å². The van der Waals surface area contributed by atoms with E-state index in [0.29, 0.717) is 0 Å². The Balaban J connectivity index is 0.00000304. The first-order valence-corrected chi connectivity index (χ1v) is 12.5. The van der Waals surface area contributed by atoms with Gasteiger partial charge >= 0.3 is 0 Å². The number of H-pyrrole nitrogens is 1. The number of nitrogens with one attached hydrogen (secondary N) is 3. The van der Waals surface area contributed by atoms with Crippen molar-refractivity contribution in [3.8, 4) is 0 Å². The Bertz CT molecular complexity index is 1380. The minimum atomic E-state index is -0.597. The van der Waals surface area contributed by atoms with Crippen LogP contribution < -0.4 is 10.6 Å². The number of nitrogens with zero attached hydrogens (tertiary/aromatic N) is 2. The molecule has 11 heteroatoms. The van der Waals surface area contributed by atoms with E-state index >= 15 is 0 Å². The molecular formula is C25H24Cl2FN5O2S. The van der Waals surface area contributed by atoms with Crippen molar-refractivity contribution in [1.82, 2.24) is 20.2 Å². The van der Waals surface area contributed by atoms with Crippen LogP contribution in [0.5, 0.6) is 0 Å². The number of amides is 2. The Morgan fingerprint density at radius 1 is 1.17 bits per heavy atom. The number of aromatic nitrogens is 2. The molecule has 0 atom stereocenters. The van der Waals surface area contributed by atoms with Crippen molar-refractivity contribution >= 4 is 63.2 Å². The Morgan fingerprint density at radius 3 is 2.72 bits per heavy atom. The number of anilines is 1. The van der Waals surface area contributed by atoms with Gasteiger partial charge in [-0.25, -0.2) is 9.37 Å². The van der Waals surface area contributed by atoms with Crippen LogP contribution >= 0.6 is 35.3 Å². The highest BCUT2D eigenvalue weighted by Crippen LogP contribution is 2.22. The Morgan fingerprint density at radius 2 is 1.94 bits per heavy atom. The van der Waals surface area contributed by atoms with E-state index in [1.165, 1.54) is 23.1 Å². The van der Waals surface area contributed by atoms with E-state index in [-0.39, 0.29) is 45.8 Å². The number of benzene rings is 2. The monoisotopic (exact) mass is 547 g/mol. The molecule has 0 radical (unpaired) electrons. The molecule has 2 aromatic carbocycles. The van der Waals surface area contributed by atoms with Gasteiger partial charge in [0.15, 0.2) is 5.13 Å². The first-order valence-electron chi connectivity index (χ1n) is 11.3. The van der Waals surface area contributed by atoms with Crippen molar-refractivity contribution in [3.63, 3.8) is 0 Å². The van der Waals surface area contributed by atoms with E-state index in [0.717, 1.165) is 55.4 Å². The first-order chi connectivity index (χ1) is 17.0. The fraction of sp³-hybridized carbons (Fsp3) is 0.240. The van der Waals surface area contributed by atoms with Gasteiger partial charge in [-0.2, -0.15) is 0 Å². The molecule has 1 aliphatic rings. The van der Waals surface area contributed by atoms with Crippen molar-refractivity contribution < 1.29 is 14.0 Å². The van der Waals surface area contributed by atoms with Crippen molar-refractivity contribution in [3.05, 3.63) is 81.7 Å². The molecule has 0 bridgehead atoms. The number of likely N-dealkylation sites (tertiary alicyclic amines) is 1. The topological polar surface area (TPSA) is 90.1 Å². The molecular weight excluding hydrogens is 524 g/mol. The third kappa shape index (κ3) is 5.87. The first kappa shape index (κ1) is 26.1. The van der Waals surface area contributed by atoms with E-state index in [9.17, 15) is 14.0 Å². The van der Waals surface area contributed by atoms with Crippen LogP contribution in [0.3, 0.4) is 0 Å². The molecule has 3 N–H and O–H groups in total. The number of para-hydroxylation sites is 1. The molecule has 1 aliphatic heterocycles. The van der Waals surface area contributed by atoms with Crippen LogP contribution in [0.2, 0.25) is 5.02 Å². The molecule has 3 heterocycles. The van der Waals surface area contributed by atoms with Gasteiger partial charge in [0.1, 0.15) is 11.5 Å². The number of hydrogen-bond donors (Lipinski definition) is 3. The molecule has 1 fully saturated rings. The maximum absolute atomic E-state index is 13.3. The molecule has 7 nitrogen and oxygen atoms in total. The van der Waals surface area contributed by atoms with Crippen LogP contribution in [0.15, 0.2) is 54.0 Å². The maximum atomic E-state index is 13.3. The van der Waals surface area contributed by atoms with Crippen molar-refractivity contribution in [2.45, 2.75) is 25.4 Å². The number of aromatic amines is 1. The molecule has 188 valence electrons. The molecule has 4 aromatic rings. The molecule has 2 amide bonds. The summed E-state index contributed by atoms with van der Waals surface area (Å²) in [6.07, 6.45) is 3.78. The van der Waals surface area contributed by atoms with Gasteiger partial charge in [-0.1, -0.05) is 29.8 Å². The van der Waals surface area contributed by atoms with Gasteiger partial charge in [0, 0.05) is 53.7 Å². The van der Waals surface area contributed by atoms with Crippen LogP contribution in [-0.4, -0.2) is 45.8 Å². The minimum Gasteiger partial charge on any atom is -0.361 e. The third-order valence-corrected chi connectivity index (χ3v) is 7.18. The lowest BCUT2D eigenvalue weighted by Crippen LogP contribution is -2.44. The Kier molecular flexibility index (Phi) is 8.25. The zero-order valence-electron chi connectivity index (χ0n) is 19.1. The largest absolute Gasteiger partial charge is 0.361 e. The van der Waals surface area contributed by atoms with Gasteiger partial charge in [-0.15, -0.1) is 23.7 Å². The number of thiazole rings is 1. The second kappa shape index (κ2) is 11.4. The summed E-state index contributed by atoms with van der Waals surface area (Å²) >= 11 is 6.89. The SMILES string of the molecule is Cl.O=C(Nc1nc(C(=O)NC2CCN(Cc3c[nH]c4ccccc34)CC2)cs1)c1ccc(F)c(Cl)c1. The van der Waals surface area contributed by atoms with Crippen LogP contribution in [-0.2, 0) is 6.54 Å². The third-order valence-electron chi connectivity index (χ3n) is 6.13. The number of carbonyl (C=O) groups excluding carboxylic acids is 2. The zero-order valence-corrected chi connectivity index (χ0v) is 21.5. The van der Waals surface area contributed by atoms with E-state index in [4.69, 9.17) is 11.6 Å². The van der Waals surface area contributed by atoms with Gasteiger partial charge in [0.2, 0.25) is 0 Å². The van der Waals surface area contributed by atoms with Gasteiger partial charge < -0.3 is 10.3 Å². The number of fused-ring (bicyclic) bond motifs is 1. The molecule has 1 saturated heterocycles. The lowest BCUT2D eigenvalue weighted by Gasteiger charge is -2.32. The summed E-state index contributed by atoms with van der Waals surface area (Å²) in [5.74, 6) is -1.34. The predicted octanol–water partition coefficient (Wildman–Crippen LogP) is 5.49. The molecule has 0 unspecified atom stereocenters. The van der Waals surface area contributed by atoms with Gasteiger partial charge in [-0.3, -0.25) is 19.8 Å². The number of rotatable bonds is 6. The highest BCUT2D eigenvalue weighted by Gasteiger charge is 2.23. The number of hydrogen-bond acceptors (Lipinski definition) is 5. The summed E-state index contributed by atoms with van der Waals surface area (Å²) in [4.78, 5) is 35.0. The molecule has 0 aliphatic carbocycles. The van der Waals surface area contributed by atoms with Crippen molar-refractivity contribution in [1.29, 1.82) is 0 Å². The molecule has 0 saturated carbocycles. The number of piperidine rings is 1. The van der Waals surface area contributed by atoms with Crippen LogP contribution in [0.4, 0.5) is 9.52 Å². The lowest BCUT2D eigenvalue weighted by atomic mass is 10.0. The summed E-state index contributed by atoms with van der Waals surface area (Å²) < 4.78 is 13.3. The zero-order chi connectivity index (χ0) is 24.4. The fourth-order valence-corrected chi connectivity index (χ4v) is 5.11. The predicted molar refractivity (Wildman–Crippen MR) is 143 cm³/mol. The maximum Gasteiger partial charge on any atom is 0.271 e. The van der Waals surface area contributed by atoms with Crippen molar-refractivity contribution in [2.24, 2.45) is 0 Å². The van der Waals surface area contributed by atoms with E-state index in [2.05, 4.69) is 49.9 Å². The Hall–Kier alpha value is -2.98. The highest BCUT2D eigenvalue weighted by molar-refractivity contribution is 7.14. The minimum absolute atomic E-state index is 0. The average Bonchev–Trinajstić information content (AvgIpc) is 3.49. The summed E-state index contributed by atoms with van der Waals surface area (Å²) in [7, 11) is 0. The Labute approximate surface area is 222 Å². The van der Waals surface area contributed by atoms with E-state index in [1.54, 1.807) is 5.38 Å². The van der Waals surface area contributed by atoms with Crippen LogP contribution in [0.25, 0.3) is 10.9 Å². The normalized spacial score (nSPS) is 14.4. The van der Waals surface area contributed by atoms with Crippen LogP contribution in [0, 0.1) is 5.82 Å². The standard InChI is InChI=1S/C25H23ClFN5O2S.ClH/c26-19-11-15(5-6-20(19)27)23(33)31-25-30-22(14-35-25)24(34)29-17-7-9-32(10-8-17)13-16-12-28-21-4-2-1-3-18(16)21;/h1-6,11-12,14,17,28H,7-10,13H2,(H,29,34)(H,30,31,33);1H. The molecule has 36 heavy (non-hydrogen) atoms. The molecule has 2 aromatic heterocycles. The summed E-state index contributed by atoms with van der Waals surface area (Å²) in [5.41, 5.74) is 2.88. The van der Waals surface area contributed by atoms with E-state index < -0.39 is 11.7 Å². The lowest BCUT2D eigenvalue weighted by molar-refractivity contribution is 0.0903. The summed E-state index contributed by atoms with van der Waals surface area (Å²) in [5, 5.41) is 8.68. The summed E-state index contributed by atoms with van der Waals surface area (Å²) in [6.45, 7) is 2.66. The average molecular weight is 548 g/mol. The van der Waals surface area contributed by atoms with Gasteiger partial charge in [0.05, 0.1) is 5.02 Å². The quantitative estimate of drug-likeness (QED) is 0.298. The second-order valence-electron chi connectivity index (χ2n) is 8.50. The second-order valence-corrected chi connectivity index (χ2v) is 9.77. The van der Waals surface area contributed by atoms with Crippen molar-refractivity contribution in [2.75, 3.05) is 18.4 Å². The molecule has 5 rings (SSSR count). The number of halogens is 3.